The second-order valence-electron chi connectivity index (χ2n) is 8.06. The fourth-order valence-electron chi connectivity index (χ4n) is 3.75. The van der Waals surface area contributed by atoms with Crippen LogP contribution in [0.4, 0.5) is 14.5 Å². The van der Waals surface area contributed by atoms with Crippen LogP contribution in [-0.2, 0) is 13.1 Å². The first kappa shape index (κ1) is 23.9. The third-order valence-electron chi connectivity index (χ3n) is 5.48. The van der Waals surface area contributed by atoms with E-state index in [1.165, 1.54) is 36.4 Å². The summed E-state index contributed by atoms with van der Waals surface area (Å²) in [5.74, 6) is -1.07. The van der Waals surface area contributed by atoms with Crippen molar-refractivity contribution >= 4 is 17.5 Å². The summed E-state index contributed by atoms with van der Waals surface area (Å²) in [6, 6.07) is 18.4. The number of hydrogen-bond donors (Lipinski definition) is 1. The molecule has 0 saturated heterocycles. The Kier molecular flexibility index (Phi) is 7.40. The molecular weight excluding hydrogens is 452 g/mol. The lowest BCUT2D eigenvalue weighted by Gasteiger charge is -2.23. The van der Waals surface area contributed by atoms with Gasteiger partial charge in [0.05, 0.1) is 18.7 Å². The Bertz CT molecular complexity index is 1310. The normalized spacial score (nSPS) is 10.8. The number of anilines is 1. The summed E-state index contributed by atoms with van der Waals surface area (Å²) in [5, 5.41) is 2.66. The Morgan fingerprint density at radius 1 is 0.971 bits per heavy atom. The molecule has 0 unspecified atom stereocenters. The summed E-state index contributed by atoms with van der Waals surface area (Å²) >= 11 is 0. The van der Waals surface area contributed by atoms with Crippen molar-refractivity contribution < 1.29 is 22.8 Å². The highest BCUT2D eigenvalue weighted by atomic mass is 19.1. The first-order chi connectivity index (χ1) is 16.9. The van der Waals surface area contributed by atoms with Gasteiger partial charge in [0.15, 0.2) is 5.76 Å². The highest BCUT2D eigenvalue weighted by molar-refractivity contribution is 6.02. The smallest absolute Gasteiger partial charge is 0.291 e. The Morgan fingerprint density at radius 3 is 2.49 bits per heavy atom. The lowest BCUT2D eigenvalue weighted by Crippen LogP contribution is -2.32. The van der Waals surface area contributed by atoms with Gasteiger partial charge in [-0.25, -0.2) is 8.78 Å². The number of amides is 2. The minimum Gasteiger partial charge on any atom is -0.454 e. The van der Waals surface area contributed by atoms with Gasteiger partial charge in [0.25, 0.3) is 11.8 Å². The minimum atomic E-state index is -0.545. The second-order valence-corrected chi connectivity index (χ2v) is 8.06. The fourth-order valence-corrected chi connectivity index (χ4v) is 3.75. The average molecular weight is 478 g/mol. The molecule has 1 N–H and O–H groups in total. The lowest BCUT2D eigenvalue weighted by atomic mass is 10.1. The number of nitrogens with one attached hydrogen (secondary N) is 1. The van der Waals surface area contributed by atoms with Crippen molar-refractivity contribution in [1.29, 1.82) is 0 Å². The number of furan rings is 1. The summed E-state index contributed by atoms with van der Waals surface area (Å²) in [6.45, 7) is 3.08. The highest BCUT2D eigenvalue weighted by Crippen LogP contribution is 2.18. The molecule has 0 atom stereocenters. The van der Waals surface area contributed by atoms with Gasteiger partial charge >= 0.3 is 0 Å². The van der Waals surface area contributed by atoms with Crippen LogP contribution in [0.5, 0.6) is 0 Å². The van der Waals surface area contributed by atoms with Gasteiger partial charge < -0.3 is 19.2 Å². The molecule has 0 bridgehead atoms. The van der Waals surface area contributed by atoms with E-state index in [1.807, 2.05) is 29.8 Å². The van der Waals surface area contributed by atoms with Crippen molar-refractivity contribution in [3.8, 4) is 0 Å². The van der Waals surface area contributed by atoms with Crippen LogP contribution in [0.1, 0.15) is 45.7 Å². The van der Waals surface area contributed by atoms with Crippen LogP contribution in [0.3, 0.4) is 0 Å². The van der Waals surface area contributed by atoms with Gasteiger partial charge in [-0.3, -0.25) is 9.59 Å². The molecular formula is C27H25F2N3O3. The molecule has 6 nitrogen and oxygen atoms in total. The third kappa shape index (κ3) is 5.84. The van der Waals surface area contributed by atoms with Crippen molar-refractivity contribution in [2.75, 3.05) is 11.9 Å². The zero-order valence-electron chi connectivity index (χ0n) is 19.2. The maximum Gasteiger partial charge on any atom is 0.291 e. The van der Waals surface area contributed by atoms with Crippen LogP contribution in [-0.4, -0.2) is 27.8 Å². The van der Waals surface area contributed by atoms with Gasteiger partial charge in [0.1, 0.15) is 17.4 Å². The van der Waals surface area contributed by atoms with Gasteiger partial charge in [-0.2, -0.15) is 0 Å². The van der Waals surface area contributed by atoms with Crippen molar-refractivity contribution in [3.05, 3.63) is 113 Å². The second kappa shape index (κ2) is 10.8. The molecule has 4 aromatic rings. The molecule has 8 heteroatoms. The highest BCUT2D eigenvalue weighted by Gasteiger charge is 2.20. The number of halogens is 2. The van der Waals surface area contributed by atoms with Crippen LogP contribution >= 0.6 is 0 Å². The zero-order chi connectivity index (χ0) is 24.8. The minimum absolute atomic E-state index is 0.0434. The number of aromatic nitrogens is 1. The number of carbonyl (C=O) groups is 2. The van der Waals surface area contributed by atoms with E-state index in [2.05, 4.69) is 5.32 Å². The third-order valence-corrected chi connectivity index (χ3v) is 5.48. The molecule has 0 aliphatic carbocycles. The molecule has 0 aliphatic heterocycles. The first-order valence-corrected chi connectivity index (χ1v) is 11.3. The fraction of sp³-hybridized carbons (Fsp3) is 0.185. The molecule has 2 aromatic heterocycles. The number of nitrogens with zero attached hydrogens (tertiary/aromatic N) is 2. The summed E-state index contributed by atoms with van der Waals surface area (Å²) in [4.78, 5) is 27.1. The molecule has 0 radical (unpaired) electrons. The number of rotatable bonds is 9. The summed E-state index contributed by atoms with van der Waals surface area (Å²) in [6.07, 6.45) is 2.58. The number of carbonyl (C=O) groups excluding carboxylic acids is 2. The largest absolute Gasteiger partial charge is 0.454 e. The molecule has 4 rings (SSSR count). The van der Waals surface area contributed by atoms with Gasteiger partial charge in [-0.1, -0.05) is 19.1 Å². The Balaban J connectivity index is 1.45. The van der Waals surface area contributed by atoms with Crippen molar-refractivity contribution in [2.45, 2.75) is 26.4 Å². The van der Waals surface area contributed by atoms with Crippen LogP contribution in [0.25, 0.3) is 0 Å². The lowest BCUT2D eigenvalue weighted by molar-refractivity contribution is 0.0734. The topological polar surface area (TPSA) is 67.5 Å². The number of benzene rings is 2. The molecule has 0 spiro atoms. The molecule has 0 fully saturated rings. The van der Waals surface area contributed by atoms with E-state index < -0.39 is 11.7 Å². The summed E-state index contributed by atoms with van der Waals surface area (Å²) in [5.41, 5.74) is 1.34. The van der Waals surface area contributed by atoms with E-state index in [4.69, 9.17) is 4.42 Å². The van der Waals surface area contributed by atoms with Crippen molar-refractivity contribution in [3.63, 3.8) is 0 Å². The van der Waals surface area contributed by atoms with Crippen LogP contribution in [0.2, 0.25) is 0 Å². The molecule has 2 aromatic carbocycles. The zero-order valence-corrected chi connectivity index (χ0v) is 19.2. The van der Waals surface area contributed by atoms with E-state index in [1.54, 1.807) is 29.2 Å². The van der Waals surface area contributed by atoms with E-state index in [9.17, 15) is 18.4 Å². The van der Waals surface area contributed by atoms with Gasteiger partial charge in [-0.05, 0) is 67.1 Å². The van der Waals surface area contributed by atoms with E-state index >= 15 is 0 Å². The van der Waals surface area contributed by atoms with Crippen LogP contribution < -0.4 is 5.32 Å². The van der Waals surface area contributed by atoms with Gasteiger partial charge in [0.2, 0.25) is 0 Å². The van der Waals surface area contributed by atoms with Gasteiger partial charge in [-0.15, -0.1) is 0 Å². The predicted octanol–water partition coefficient (Wildman–Crippen LogP) is 5.71. The van der Waals surface area contributed by atoms with E-state index in [-0.39, 0.29) is 23.0 Å². The van der Waals surface area contributed by atoms with E-state index in [0.29, 0.717) is 31.1 Å². The monoisotopic (exact) mass is 477 g/mol. The number of hydrogen-bond acceptors (Lipinski definition) is 3. The standard InChI is InChI=1S/C27H25F2N3O3/c1-2-15-32(27(34)23-7-3-4-8-24(23)29)17-21-6-5-16-31(21)18-22-13-14-25(35-22)26(33)30-20-11-9-19(28)10-12-20/h3-14,16H,2,15,17-18H2,1H3,(H,30,33). The Hall–Kier alpha value is -4.20. The molecule has 2 amide bonds. The molecule has 0 aliphatic rings. The Morgan fingerprint density at radius 2 is 1.74 bits per heavy atom. The van der Waals surface area contributed by atoms with Crippen molar-refractivity contribution in [1.82, 2.24) is 9.47 Å². The average Bonchev–Trinajstić information content (AvgIpc) is 3.50. The van der Waals surface area contributed by atoms with Crippen molar-refractivity contribution in [2.24, 2.45) is 0 Å². The summed E-state index contributed by atoms with van der Waals surface area (Å²) < 4.78 is 34.9. The Labute approximate surface area is 201 Å². The molecule has 35 heavy (non-hydrogen) atoms. The maximum atomic E-state index is 14.2. The molecule has 2 heterocycles. The molecule has 0 saturated carbocycles. The van der Waals surface area contributed by atoms with Gasteiger partial charge in [0, 0.05) is 24.1 Å². The predicted molar refractivity (Wildman–Crippen MR) is 128 cm³/mol. The summed E-state index contributed by atoms with van der Waals surface area (Å²) in [7, 11) is 0. The quantitative estimate of drug-likeness (QED) is 0.336. The SMILES string of the molecule is CCCN(Cc1cccn1Cc1ccc(C(=O)Nc2ccc(F)cc2)o1)C(=O)c1ccccc1F. The first-order valence-electron chi connectivity index (χ1n) is 11.3. The van der Waals surface area contributed by atoms with E-state index in [0.717, 1.165) is 12.1 Å². The van der Waals surface area contributed by atoms with Crippen LogP contribution in [0.15, 0.2) is 83.4 Å². The van der Waals surface area contributed by atoms with Crippen LogP contribution in [0, 0.1) is 11.6 Å². The molecule has 180 valence electrons. The maximum absolute atomic E-state index is 14.2.